The summed E-state index contributed by atoms with van der Waals surface area (Å²) in [6, 6.07) is 15.1. The summed E-state index contributed by atoms with van der Waals surface area (Å²) >= 11 is 0. The Morgan fingerprint density at radius 2 is 2.00 bits per heavy atom. The molecule has 0 spiro atoms. The van der Waals surface area contributed by atoms with Gasteiger partial charge in [-0.2, -0.15) is 5.10 Å². The lowest BCUT2D eigenvalue weighted by molar-refractivity contribution is -0.123. The van der Waals surface area contributed by atoms with Gasteiger partial charge in [-0.1, -0.05) is 30.3 Å². The lowest BCUT2D eigenvalue weighted by Gasteiger charge is -2.25. The summed E-state index contributed by atoms with van der Waals surface area (Å²) in [4.78, 5) is 25.3. The van der Waals surface area contributed by atoms with Crippen LogP contribution in [0.1, 0.15) is 23.5 Å². The largest absolute Gasteiger partial charge is 0.497 e. The molecule has 0 saturated heterocycles. The van der Waals surface area contributed by atoms with Gasteiger partial charge < -0.3 is 15.4 Å². The normalized spacial score (nSPS) is 15.4. The van der Waals surface area contributed by atoms with Crippen LogP contribution in [0.3, 0.4) is 0 Å². The second kappa shape index (κ2) is 7.43. The molecule has 148 valence electrons. The van der Waals surface area contributed by atoms with Crippen molar-refractivity contribution in [1.29, 1.82) is 0 Å². The van der Waals surface area contributed by atoms with Gasteiger partial charge in [0.2, 0.25) is 11.8 Å². The third-order valence-electron chi connectivity index (χ3n) is 5.19. The molecule has 1 unspecified atom stereocenters. The predicted octanol–water partition coefficient (Wildman–Crippen LogP) is 3.47. The number of anilines is 2. The molecule has 0 fully saturated rings. The van der Waals surface area contributed by atoms with Crippen LogP contribution in [0.2, 0.25) is 0 Å². The Morgan fingerprint density at radius 3 is 2.72 bits per heavy atom. The van der Waals surface area contributed by atoms with Gasteiger partial charge in [0.1, 0.15) is 11.6 Å². The van der Waals surface area contributed by atoms with Crippen molar-refractivity contribution in [2.24, 2.45) is 7.05 Å². The highest BCUT2D eigenvalue weighted by atomic mass is 16.5. The molecule has 29 heavy (non-hydrogen) atoms. The number of fused-ring (bicyclic) bond motifs is 1. The van der Waals surface area contributed by atoms with Gasteiger partial charge >= 0.3 is 0 Å². The summed E-state index contributed by atoms with van der Waals surface area (Å²) in [5.41, 5.74) is 4.04. The smallest absolute Gasteiger partial charge is 0.233 e. The van der Waals surface area contributed by atoms with Crippen LogP contribution in [-0.2, 0) is 16.6 Å². The van der Waals surface area contributed by atoms with E-state index in [1.807, 2.05) is 37.3 Å². The Morgan fingerprint density at radius 1 is 1.24 bits per heavy atom. The summed E-state index contributed by atoms with van der Waals surface area (Å²) < 4.78 is 6.94. The average Bonchev–Trinajstić information content (AvgIpc) is 3.01. The van der Waals surface area contributed by atoms with Crippen molar-refractivity contribution in [1.82, 2.24) is 9.78 Å². The van der Waals surface area contributed by atoms with Crippen molar-refractivity contribution >= 4 is 23.3 Å². The fourth-order valence-electron chi connectivity index (χ4n) is 3.68. The number of aromatic nitrogens is 2. The number of aryl methyl sites for hydroxylation is 1. The molecule has 4 rings (SSSR count). The van der Waals surface area contributed by atoms with Gasteiger partial charge in [0.05, 0.1) is 18.7 Å². The zero-order chi connectivity index (χ0) is 20.5. The van der Waals surface area contributed by atoms with Crippen molar-refractivity contribution in [3.05, 3.63) is 59.7 Å². The number of hydrogen-bond acceptors (Lipinski definition) is 4. The molecule has 3 aromatic rings. The summed E-state index contributed by atoms with van der Waals surface area (Å²) in [5.74, 6) is 0.211. The first-order valence-corrected chi connectivity index (χ1v) is 9.35. The van der Waals surface area contributed by atoms with Crippen molar-refractivity contribution in [2.75, 3.05) is 17.7 Å². The van der Waals surface area contributed by atoms with Gasteiger partial charge in [0.25, 0.3) is 0 Å². The van der Waals surface area contributed by atoms with Crippen LogP contribution in [0, 0.1) is 6.92 Å². The van der Waals surface area contributed by atoms with E-state index in [1.54, 1.807) is 37.0 Å². The first kappa shape index (κ1) is 18.7. The number of carbonyl (C=O) groups excluding carboxylic acids is 2. The molecule has 2 N–H and O–H groups in total. The molecule has 0 bridgehead atoms. The van der Waals surface area contributed by atoms with Gasteiger partial charge in [-0.05, 0) is 30.7 Å². The fraction of sp³-hybridized carbons (Fsp3) is 0.227. The summed E-state index contributed by atoms with van der Waals surface area (Å²) in [6.07, 6.45) is 0.0778. The maximum Gasteiger partial charge on any atom is 0.233 e. The Labute approximate surface area is 168 Å². The fourth-order valence-corrected chi connectivity index (χ4v) is 3.68. The minimum absolute atomic E-state index is 0.0778. The molecular weight excluding hydrogens is 368 g/mol. The standard InChI is InChI=1S/C22H22N4O3/c1-13-20(14-7-5-4-6-8-14)25-26(2)21(13)24-22(28)17-12-19(27)23-18-10-9-15(29-3)11-16(17)18/h4-11,17H,12H2,1-3H3,(H,23,27)(H,24,28). The maximum absolute atomic E-state index is 13.2. The first-order chi connectivity index (χ1) is 14.0. The van der Waals surface area contributed by atoms with E-state index >= 15 is 0 Å². The van der Waals surface area contributed by atoms with E-state index in [1.165, 1.54) is 0 Å². The zero-order valence-corrected chi connectivity index (χ0v) is 16.5. The Balaban J connectivity index is 1.66. The van der Waals surface area contributed by atoms with Crippen LogP contribution in [0.15, 0.2) is 48.5 Å². The van der Waals surface area contributed by atoms with Crippen LogP contribution in [0.25, 0.3) is 11.3 Å². The monoisotopic (exact) mass is 390 g/mol. The predicted molar refractivity (Wildman–Crippen MR) is 111 cm³/mol. The number of methoxy groups -OCH3 is 1. The zero-order valence-electron chi connectivity index (χ0n) is 16.5. The van der Waals surface area contributed by atoms with Crippen molar-refractivity contribution in [3.8, 4) is 17.0 Å². The number of benzene rings is 2. The van der Waals surface area contributed by atoms with Gasteiger partial charge in [-0.3, -0.25) is 14.3 Å². The minimum Gasteiger partial charge on any atom is -0.497 e. The lowest BCUT2D eigenvalue weighted by atomic mass is 9.89. The molecule has 2 amide bonds. The number of ether oxygens (including phenoxy) is 1. The van der Waals surface area contributed by atoms with E-state index in [-0.39, 0.29) is 18.2 Å². The molecule has 7 nitrogen and oxygen atoms in total. The van der Waals surface area contributed by atoms with Gasteiger partial charge in [-0.15, -0.1) is 0 Å². The molecule has 7 heteroatoms. The van der Waals surface area contributed by atoms with Crippen LogP contribution >= 0.6 is 0 Å². The van der Waals surface area contributed by atoms with E-state index in [2.05, 4.69) is 15.7 Å². The maximum atomic E-state index is 13.2. The summed E-state index contributed by atoms with van der Waals surface area (Å²) in [5, 5.41) is 10.4. The van der Waals surface area contributed by atoms with E-state index in [9.17, 15) is 9.59 Å². The first-order valence-electron chi connectivity index (χ1n) is 9.35. The number of carbonyl (C=O) groups is 2. The van der Waals surface area contributed by atoms with Crippen LogP contribution in [-0.4, -0.2) is 28.7 Å². The van der Waals surface area contributed by atoms with Gasteiger partial charge in [-0.25, -0.2) is 0 Å². The molecule has 1 aliphatic rings. The summed E-state index contributed by atoms with van der Waals surface area (Å²) in [7, 11) is 3.36. The van der Waals surface area contributed by atoms with E-state index in [4.69, 9.17) is 4.74 Å². The quantitative estimate of drug-likeness (QED) is 0.714. The number of rotatable bonds is 4. The number of amides is 2. The highest BCUT2D eigenvalue weighted by Crippen LogP contribution is 2.36. The third-order valence-corrected chi connectivity index (χ3v) is 5.19. The molecule has 0 saturated carbocycles. The SMILES string of the molecule is COc1ccc2c(c1)C(C(=O)Nc1c(C)c(-c3ccccc3)nn1C)CC(=O)N2. The highest BCUT2D eigenvalue weighted by molar-refractivity contribution is 6.05. The molecule has 2 aromatic carbocycles. The van der Waals surface area contributed by atoms with Gasteiger partial charge in [0.15, 0.2) is 0 Å². The van der Waals surface area contributed by atoms with Gasteiger partial charge in [0, 0.05) is 30.3 Å². The number of hydrogen-bond donors (Lipinski definition) is 2. The lowest BCUT2D eigenvalue weighted by Crippen LogP contribution is -2.31. The topological polar surface area (TPSA) is 85.2 Å². The number of nitrogens with one attached hydrogen (secondary N) is 2. The summed E-state index contributed by atoms with van der Waals surface area (Å²) in [6.45, 7) is 1.93. The second-order valence-corrected chi connectivity index (χ2v) is 7.06. The third kappa shape index (κ3) is 3.47. The van der Waals surface area contributed by atoms with Crippen LogP contribution in [0.5, 0.6) is 5.75 Å². The van der Waals surface area contributed by atoms with E-state index in [0.717, 1.165) is 22.4 Å². The molecular formula is C22H22N4O3. The van der Waals surface area contributed by atoms with E-state index < -0.39 is 5.92 Å². The Kier molecular flexibility index (Phi) is 4.80. The molecule has 1 aliphatic heterocycles. The Bertz CT molecular complexity index is 1090. The van der Waals surface area contributed by atoms with Crippen molar-refractivity contribution in [2.45, 2.75) is 19.3 Å². The molecule has 1 atom stereocenters. The average molecular weight is 390 g/mol. The second-order valence-electron chi connectivity index (χ2n) is 7.06. The van der Waals surface area contributed by atoms with Crippen LogP contribution in [0.4, 0.5) is 11.5 Å². The minimum atomic E-state index is -0.608. The van der Waals surface area contributed by atoms with Crippen LogP contribution < -0.4 is 15.4 Å². The molecule has 1 aromatic heterocycles. The molecule has 0 aliphatic carbocycles. The molecule has 2 heterocycles. The van der Waals surface area contributed by atoms with Crippen molar-refractivity contribution < 1.29 is 14.3 Å². The van der Waals surface area contributed by atoms with Crippen molar-refractivity contribution in [3.63, 3.8) is 0 Å². The van der Waals surface area contributed by atoms with E-state index in [0.29, 0.717) is 17.3 Å². The highest BCUT2D eigenvalue weighted by Gasteiger charge is 2.32. The molecule has 0 radical (unpaired) electrons. The number of nitrogens with zero attached hydrogens (tertiary/aromatic N) is 2. The Hall–Kier alpha value is -3.61.